The standard InChI is InChI=1S/C35H39FN6O5S.CH4O/c1-3-26-28(8-9-30(44)38-26)41-19-35(2,47)25-17-23(5-7-27(25)41)40-12-10-20(11-13-40)14-31(45)37-22-4-6-24-21(15-22)16-29(43)34(33(24)36)42-18-32(46)39-48-42;1-2/h3-7,15-17,20,28,43,47H,8-14,18-19H2,1-2H3,(H,37,45)(H,38,44)(H,39,46);2H,1H3/b26-3+;/t28?,35-;/m1./s1. The highest BCUT2D eigenvalue weighted by Crippen LogP contribution is 2.44. The molecule has 50 heavy (non-hydrogen) atoms. The Balaban J connectivity index is 0.00000212. The molecule has 0 aliphatic carbocycles. The van der Waals surface area contributed by atoms with Crippen molar-refractivity contribution in [3.05, 3.63) is 65.6 Å². The summed E-state index contributed by atoms with van der Waals surface area (Å²) in [6.07, 6.45) is 5.13. The number of hydrogen-bond donors (Lipinski definition) is 6. The van der Waals surface area contributed by atoms with Crippen LogP contribution in [0.1, 0.15) is 51.5 Å². The predicted octanol–water partition coefficient (Wildman–Crippen LogP) is 4.25. The average Bonchev–Trinajstić information content (AvgIpc) is 3.64. The topological polar surface area (TPSA) is 158 Å². The Bertz CT molecular complexity index is 1850. The van der Waals surface area contributed by atoms with Crippen LogP contribution in [0.4, 0.5) is 27.1 Å². The summed E-state index contributed by atoms with van der Waals surface area (Å²) in [6, 6.07) is 12.5. The van der Waals surface area contributed by atoms with Crippen molar-refractivity contribution < 1.29 is 34.1 Å². The van der Waals surface area contributed by atoms with Gasteiger partial charge in [0.25, 0.3) is 5.91 Å². The zero-order chi connectivity index (χ0) is 35.7. The van der Waals surface area contributed by atoms with Gasteiger partial charge in [-0.25, -0.2) is 4.39 Å². The van der Waals surface area contributed by atoms with Crippen LogP contribution < -0.4 is 29.5 Å². The molecule has 3 aromatic rings. The molecule has 3 aromatic carbocycles. The minimum absolute atomic E-state index is 0.00809. The maximum Gasteiger partial charge on any atom is 0.251 e. The van der Waals surface area contributed by atoms with E-state index in [4.69, 9.17) is 5.11 Å². The number of piperidine rings is 2. The summed E-state index contributed by atoms with van der Waals surface area (Å²) >= 11 is 0.927. The number of nitrogens with one attached hydrogen (secondary N) is 3. The molecule has 3 fully saturated rings. The molecule has 14 heteroatoms. The molecular formula is C36H43FN6O6S. The number of carbonyl (C=O) groups excluding carboxylic acids is 3. The molecule has 266 valence electrons. The summed E-state index contributed by atoms with van der Waals surface area (Å²) in [6.45, 7) is 5.72. The number of aliphatic hydroxyl groups excluding tert-OH is 1. The first-order valence-electron chi connectivity index (χ1n) is 16.8. The smallest absolute Gasteiger partial charge is 0.251 e. The monoisotopic (exact) mass is 706 g/mol. The van der Waals surface area contributed by atoms with Crippen molar-refractivity contribution in [1.29, 1.82) is 0 Å². The van der Waals surface area contributed by atoms with E-state index >= 15 is 4.39 Å². The van der Waals surface area contributed by atoms with E-state index in [0.717, 1.165) is 67.8 Å². The van der Waals surface area contributed by atoms with Gasteiger partial charge in [0.1, 0.15) is 23.6 Å². The first kappa shape index (κ1) is 35.3. The molecule has 12 nitrogen and oxygen atoms in total. The molecule has 3 amide bonds. The molecule has 2 atom stereocenters. The Kier molecular flexibility index (Phi) is 10.1. The van der Waals surface area contributed by atoms with E-state index in [1.54, 1.807) is 18.2 Å². The van der Waals surface area contributed by atoms with Crippen LogP contribution in [-0.2, 0) is 20.0 Å². The number of β-amino-alcohol motifs (C(OH)–C–C–N with tert-alkyl or cyclic N) is 1. The lowest BCUT2D eigenvalue weighted by Crippen LogP contribution is -2.47. The quantitative estimate of drug-likeness (QED) is 0.205. The van der Waals surface area contributed by atoms with Crippen molar-refractivity contribution in [2.24, 2.45) is 5.92 Å². The van der Waals surface area contributed by atoms with Gasteiger partial charge >= 0.3 is 0 Å². The number of aromatic hydroxyl groups is 1. The zero-order valence-corrected chi connectivity index (χ0v) is 29.1. The van der Waals surface area contributed by atoms with E-state index in [1.165, 1.54) is 10.4 Å². The fourth-order valence-electron chi connectivity index (χ4n) is 7.45. The lowest BCUT2D eigenvalue weighted by molar-refractivity contribution is -0.121. The number of fused-ring (bicyclic) bond motifs is 2. The van der Waals surface area contributed by atoms with Crippen molar-refractivity contribution >= 4 is 63.4 Å². The molecule has 4 aliphatic rings. The molecule has 1 unspecified atom stereocenters. The Morgan fingerprint density at radius 2 is 1.86 bits per heavy atom. The summed E-state index contributed by atoms with van der Waals surface area (Å²) in [5, 5.41) is 35.6. The first-order valence-corrected chi connectivity index (χ1v) is 17.6. The minimum Gasteiger partial charge on any atom is -0.506 e. The summed E-state index contributed by atoms with van der Waals surface area (Å²) < 4.78 is 19.2. The van der Waals surface area contributed by atoms with Crippen molar-refractivity contribution in [3.8, 4) is 5.75 Å². The van der Waals surface area contributed by atoms with E-state index in [-0.39, 0.29) is 53.0 Å². The van der Waals surface area contributed by atoms with Crippen LogP contribution in [0.15, 0.2) is 54.2 Å². The van der Waals surface area contributed by atoms with Gasteiger partial charge < -0.3 is 35.8 Å². The molecule has 4 heterocycles. The molecule has 0 aromatic heterocycles. The maximum absolute atomic E-state index is 15.3. The van der Waals surface area contributed by atoms with Crippen LogP contribution in [0.3, 0.4) is 0 Å². The fourth-order valence-corrected chi connectivity index (χ4v) is 8.17. The van der Waals surface area contributed by atoms with Gasteiger partial charge in [-0.1, -0.05) is 6.08 Å². The second-order valence-corrected chi connectivity index (χ2v) is 14.1. The third-order valence-corrected chi connectivity index (χ3v) is 10.7. The van der Waals surface area contributed by atoms with Gasteiger partial charge in [0.05, 0.1) is 24.7 Å². The minimum atomic E-state index is -1.03. The zero-order valence-electron chi connectivity index (χ0n) is 28.3. The molecule has 0 spiro atoms. The number of phenols is 1. The normalized spacial score (nSPS) is 23.0. The molecule has 4 aliphatic heterocycles. The molecular weight excluding hydrogens is 663 g/mol. The highest BCUT2D eigenvalue weighted by atomic mass is 32.2. The summed E-state index contributed by atoms with van der Waals surface area (Å²) in [5.41, 5.74) is 3.23. The van der Waals surface area contributed by atoms with Gasteiger partial charge in [0.15, 0.2) is 5.82 Å². The highest BCUT2D eigenvalue weighted by molar-refractivity contribution is 7.99. The molecule has 0 saturated carbocycles. The van der Waals surface area contributed by atoms with E-state index in [9.17, 15) is 24.6 Å². The summed E-state index contributed by atoms with van der Waals surface area (Å²) in [7, 11) is 1.00. The van der Waals surface area contributed by atoms with Crippen molar-refractivity contribution in [2.45, 2.75) is 57.6 Å². The van der Waals surface area contributed by atoms with E-state index in [0.29, 0.717) is 36.9 Å². The maximum atomic E-state index is 15.3. The van der Waals surface area contributed by atoms with Crippen LogP contribution >= 0.6 is 12.1 Å². The molecule has 3 saturated heterocycles. The van der Waals surface area contributed by atoms with Gasteiger partial charge in [-0.3, -0.25) is 23.4 Å². The third-order valence-electron chi connectivity index (χ3n) is 9.90. The summed E-state index contributed by atoms with van der Waals surface area (Å²) in [4.78, 5) is 41.1. The Morgan fingerprint density at radius 3 is 2.56 bits per heavy atom. The number of allylic oxidation sites excluding steroid dienone is 1. The number of benzene rings is 3. The SMILES string of the molecule is C/C=C1/NC(=O)CCC1N1C[C@@](C)(O)c2cc(N3CCC(CC(=O)Nc4ccc5c(F)c(N6CC(=O)NS6)c(O)cc5c4)CC3)ccc21.CO. The lowest BCUT2D eigenvalue weighted by Gasteiger charge is -2.36. The summed E-state index contributed by atoms with van der Waals surface area (Å²) in [5.74, 6) is -1.09. The number of carbonyl (C=O) groups is 3. The Labute approximate surface area is 294 Å². The van der Waals surface area contributed by atoms with Crippen LogP contribution in [-0.4, -0.2) is 72.4 Å². The van der Waals surface area contributed by atoms with Gasteiger partial charge in [0.2, 0.25) is 11.8 Å². The van der Waals surface area contributed by atoms with Crippen LogP contribution in [0.5, 0.6) is 5.75 Å². The first-order chi connectivity index (χ1) is 24.0. The van der Waals surface area contributed by atoms with E-state index in [1.807, 2.05) is 19.9 Å². The van der Waals surface area contributed by atoms with Crippen molar-refractivity contribution in [2.75, 3.05) is 52.7 Å². The van der Waals surface area contributed by atoms with Gasteiger partial charge in [-0.05, 0) is 86.9 Å². The van der Waals surface area contributed by atoms with E-state index in [2.05, 4.69) is 43.4 Å². The highest BCUT2D eigenvalue weighted by Gasteiger charge is 2.42. The van der Waals surface area contributed by atoms with Gasteiger partial charge in [-0.2, -0.15) is 0 Å². The number of hydrogen-bond acceptors (Lipinski definition) is 10. The largest absolute Gasteiger partial charge is 0.506 e. The van der Waals surface area contributed by atoms with Gasteiger partial charge in [0, 0.05) is 66.7 Å². The van der Waals surface area contributed by atoms with Crippen LogP contribution in [0, 0.1) is 11.7 Å². The fraction of sp³-hybridized carbons (Fsp3) is 0.417. The number of phenolic OH excluding ortho intramolecular Hbond substituents is 1. The lowest BCUT2D eigenvalue weighted by atomic mass is 9.92. The number of nitrogens with zero attached hydrogens (tertiary/aromatic N) is 3. The molecule has 7 rings (SSSR count). The molecule has 6 N–H and O–H groups in total. The number of anilines is 4. The van der Waals surface area contributed by atoms with Crippen molar-refractivity contribution in [1.82, 2.24) is 10.0 Å². The number of rotatable bonds is 6. The van der Waals surface area contributed by atoms with Crippen LogP contribution in [0.2, 0.25) is 0 Å². The molecule has 0 radical (unpaired) electrons. The van der Waals surface area contributed by atoms with E-state index < -0.39 is 11.4 Å². The number of amides is 3. The predicted molar refractivity (Wildman–Crippen MR) is 193 cm³/mol. The molecule has 0 bridgehead atoms. The van der Waals surface area contributed by atoms with Crippen LogP contribution in [0.25, 0.3) is 10.8 Å². The average molecular weight is 707 g/mol. The van der Waals surface area contributed by atoms with Crippen molar-refractivity contribution in [3.63, 3.8) is 0 Å². The third kappa shape index (κ3) is 6.92. The second kappa shape index (κ2) is 14.4. The second-order valence-electron chi connectivity index (χ2n) is 13.3. The number of halogens is 1. The Hall–Kier alpha value is -4.53. The number of aliphatic hydroxyl groups is 2. The van der Waals surface area contributed by atoms with Gasteiger partial charge in [-0.15, -0.1) is 0 Å². The Morgan fingerprint density at radius 1 is 1.10 bits per heavy atom.